The van der Waals surface area contributed by atoms with Gasteiger partial charge in [0.2, 0.25) is 11.8 Å². The van der Waals surface area contributed by atoms with Gasteiger partial charge in [-0.1, -0.05) is 16.8 Å². The fourth-order valence-corrected chi connectivity index (χ4v) is 4.09. The van der Waals surface area contributed by atoms with E-state index in [0.29, 0.717) is 51.4 Å². The van der Waals surface area contributed by atoms with Crippen LogP contribution in [0.2, 0.25) is 4.34 Å². The highest BCUT2D eigenvalue weighted by molar-refractivity contribution is 7.16. The molecule has 1 fully saturated rings. The summed E-state index contributed by atoms with van der Waals surface area (Å²) in [6, 6.07) is 3.74. The molecule has 27 heavy (non-hydrogen) atoms. The third-order valence-electron chi connectivity index (χ3n) is 4.69. The van der Waals surface area contributed by atoms with Crippen LogP contribution in [0.15, 0.2) is 16.7 Å². The second-order valence-electron chi connectivity index (χ2n) is 6.62. The number of aryl methyl sites for hydroxylation is 2. The molecule has 9 heteroatoms. The maximum absolute atomic E-state index is 12.5. The predicted octanol–water partition coefficient (Wildman–Crippen LogP) is 2.01. The summed E-state index contributed by atoms with van der Waals surface area (Å²) in [5, 5.41) is 6.80. The first-order chi connectivity index (χ1) is 12.9. The number of aromatic nitrogens is 1. The van der Waals surface area contributed by atoms with E-state index in [-0.39, 0.29) is 11.8 Å². The van der Waals surface area contributed by atoms with Crippen molar-refractivity contribution < 1.29 is 14.1 Å². The molecule has 1 aliphatic heterocycles. The third-order valence-corrected chi connectivity index (χ3v) is 5.92. The van der Waals surface area contributed by atoms with Crippen molar-refractivity contribution in [1.29, 1.82) is 0 Å². The molecular formula is C18H23ClN4O3S. The molecular weight excluding hydrogens is 388 g/mol. The largest absolute Gasteiger partial charge is 0.361 e. The number of hydrogen-bond acceptors (Lipinski definition) is 6. The number of piperazine rings is 1. The average molecular weight is 411 g/mol. The molecule has 3 heterocycles. The molecule has 0 bridgehead atoms. The van der Waals surface area contributed by atoms with Crippen molar-refractivity contribution in [2.75, 3.05) is 32.7 Å². The molecule has 0 aromatic carbocycles. The Hall–Kier alpha value is -1.90. The number of nitrogens with zero attached hydrogens (tertiary/aromatic N) is 3. The minimum absolute atomic E-state index is 0.0185. The monoisotopic (exact) mass is 410 g/mol. The number of amides is 2. The van der Waals surface area contributed by atoms with Crippen molar-refractivity contribution in [3.63, 3.8) is 0 Å². The van der Waals surface area contributed by atoms with Gasteiger partial charge in [0, 0.05) is 36.6 Å². The smallest absolute Gasteiger partial charge is 0.234 e. The van der Waals surface area contributed by atoms with Crippen LogP contribution < -0.4 is 5.32 Å². The molecule has 0 saturated carbocycles. The van der Waals surface area contributed by atoms with E-state index in [1.54, 1.807) is 0 Å². The Kier molecular flexibility index (Phi) is 6.51. The number of hydrogen-bond donors (Lipinski definition) is 1. The van der Waals surface area contributed by atoms with Crippen molar-refractivity contribution in [2.24, 2.45) is 0 Å². The average Bonchev–Trinajstić information content (AvgIpc) is 3.20. The molecule has 0 atom stereocenters. The van der Waals surface area contributed by atoms with Gasteiger partial charge >= 0.3 is 0 Å². The van der Waals surface area contributed by atoms with Crippen LogP contribution in [-0.4, -0.2) is 59.5 Å². The Morgan fingerprint density at radius 2 is 2.00 bits per heavy atom. The summed E-state index contributed by atoms with van der Waals surface area (Å²) in [6.07, 6.45) is 0.311. The fourth-order valence-electron chi connectivity index (χ4n) is 3.06. The quantitative estimate of drug-likeness (QED) is 0.788. The molecule has 0 aliphatic carbocycles. The highest BCUT2D eigenvalue weighted by Gasteiger charge is 2.24. The van der Waals surface area contributed by atoms with Crippen molar-refractivity contribution >= 4 is 34.8 Å². The fraction of sp³-hybridized carbons (Fsp3) is 0.500. The number of carbonyl (C=O) groups is 2. The van der Waals surface area contributed by atoms with Gasteiger partial charge in [-0.2, -0.15) is 0 Å². The van der Waals surface area contributed by atoms with E-state index in [4.69, 9.17) is 16.1 Å². The van der Waals surface area contributed by atoms with E-state index in [0.717, 1.165) is 20.5 Å². The van der Waals surface area contributed by atoms with Gasteiger partial charge in [-0.25, -0.2) is 0 Å². The van der Waals surface area contributed by atoms with E-state index in [1.165, 1.54) is 11.3 Å². The lowest BCUT2D eigenvalue weighted by molar-refractivity contribution is -0.132. The van der Waals surface area contributed by atoms with Crippen LogP contribution in [0.4, 0.5) is 0 Å². The van der Waals surface area contributed by atoms with E-state index in [9.17, 15) is 9.59 Å². The molecule has 2 amide bonds. The number of thiophene rings is 1. The number of halogens is 1. The van der Waals surface area contributed by atoms with Gasteiger partial charge in [0.05, 0.1) is 29.5 Å². The Balaban J connectivity index is 1.40. The highest BCUT2D eigenvalue weighted by atomic mass is 35.5. The van der Waals surface area contributed by atoms with Gasteiger partial charge in [-0.3, -0.25) is 14.5 Å². The van der Waals surface area contributed by atoms with Gasteiger partial charge in [-0.05, 0) is 26.0 Å². The summed E-state index contributed by atoms with van der Waals surface area (Å²) < 4.78 is 5.84. The van der Waals surface area contributed by atoms with Crippen LogP contribution in [-0.2, 0) is 22.6 Å². The topological polar surface area (TPSA) is 78.7 Å². The van der Waals surface area contributed by atoms with Crippen LogP contribution >= 0.6 is 22.9 Å². The van der Waals surface area contributed by atoms with E-state index in [2.05, 4.69) is 15.4 Å². The Labute approximate surface area is 167 Å². The number of nitrogens with one attached hydrogen (secondary N) is 1. The van der Waals surface area contributed by atoms with E-state index < -0.39 is 0 Å². The SMILES string of the molecule is Cc1noc(C)c1CC(=O)N1CCN(CC(=O)NCc2ccc(Cl)s2)CC1. The predicted molar refractivity (Wildman–Crippen MR) is 104 cm³/mol. The standard InChI is InChI=1S/C18H23ClN4O3S/c1-12-15(13(2)26-21-12)9-18(25)23-7-5-22(6-8-23)11-17(24)20-10-14-3-4-16(19)27-14/h3-4H,5-11H2,1-2H3,(H,20,24). The molecule has 1 saturated heterocycles. The number of carbonyl (C=O) groups excluding carboxylic acids is 2. The lowest BCUT2D eigenvalue weighted by atomic mass is 10.1. The maximum Gasteiger partial charge on any atom is 0.234 e. The molecule has 1 aliphatic rings. The molecule has 0 unspecified atom stereocenters. The summed E-state index contributed by atoms with van der Waals surface area (Å²) in [5.74, 6) is 0.751. The second kappa shape index (κ2) is 8.86. The zero-order valence-electron chi connectivity index (χ0n) is 15.5. The Morgan fingerprint density at radius 3 is 2.59 bits per heavy atom. The number of rotatable bonds is 6. The summed E-state index contributed by atoms with van der Waals surface area (Å²) >= 11 is 7.35. The zero-order valence-corrected chi connectivity index (χ0v) is 17.0. The van der Waals surface area contributed by atoms with E-state index >= 15 is 0 Å². The Morgan fingerprint density at radius 1 is 1.26 bits per heavy atom. The van der Waals surface area contributed by atoms with Gasteiger partial charge in [0.25, 0.3) is 0 Å². The van der Waals surface area contributed by atoms with Crippen molar-refractivity contribution in [3.8, 4) is 0 Å². The molecule has 0 radical (unpaired) electrons. The third kappa shape index (κ3) is 5.31. The minimum Gasteiger partial charge on any atom is -0.361 e. The van der Waals surface area contributed by atoms with Gasteiger partial charge in [0.1, 0.15) is 5.76 Å². The van der Waals surface area contributed by atoms with Crippen LogP contribution in [0, 0.1) is 13.8 Å². The zero-order chi connectivity index (χ0) is 19.4. The normalized spacial score (nSPS) is 15.1. The van der Waals surface area contributed by atoms with Crippen LogP contribution in [0.25, 0.3) is 0 Å². The van der Waals surface area contributed by atoms with Crippen molar-refractivity contribution in [1.82, 2.24) is 20.3 Å². The molecule has 7 nitrogen and oxygen atoms in total. The molecule has 1 N–H and O–H groups in total. The van der Waals surface area contributed by atoms with Gasteiger partial charge in [-0.15, -0.1) is 11.3 Å². The highest BCUT2D eigenvalue weighted by Crippen LogP contribution is 2.21. The molecule has 2 aromatic rings. The minimum atomic E-state index is -0.0185. The summed E-state index contributed by atoms with van der Waals surface area (Å²) in [5.41, 5.74) is 1.64. The summed E-state index contributed by atoms with van der Waals surface area (Å²) in [6.45, 7) is 7.11. The first-order valence-electron chi connectivity index (χ1n) is 8.85. The molecule has 2 aromatic heterocycles. The van der Waals surface area contributed by atoms with Crippen molar-refractivity contribution in [2.45, 2.75) is 26.8 Å². The van der Waals surface area contributed by atoms with Gasteiger partial charge in [0.15, 0.2) is 0 Å². The maximum atomic E-state index is 12.5. The second-order valence-corrected chi connectivity index (χ2v) is 8.42. The Bertz CT molecular complexity index is 792. The van der Waals surface area contributed by atoms with E-state index in [1.807, 2.05) is 30.9 Å². The van der Waals surface area contributed by atoms with Crippen LogP contribution in [0.3, 0.4) is 0 Å². The van der Waals surface area contributed by atoms with Crippen LogP contribution in [0.1, 0.15) is 21.9 Å². The summed E-state index contributed by atoms with van der Waals surface area (Å²) in [4.78, 5) is 29.6. The molecule has 0 spiro atoms. The first kappa shape index (κ1) is 19.9. The van der Waals surface area contributed by atoms with Gasteiger partial charge < -0.3 is 14.7 Å². The van der Waals surface area contributed by atoms with Crippen molar-refractivity contribution in [3.05, 3.63) is 38.4 Å². The lowest BCUT2D eigenvalue weighted by Crippen LogP contribution is -2.51. The summed E-state index contributed by atoms with van der Waals surface area (Å²) in [7, 11) is 0. The lowest BCUT2D eigenvalue weighted by Gasteiger charge is -2.34. The molecule has 146 valence electrons. The molecule has 3 rings (SSSR count). The first-order valence-corrected chi connectivity index (χ1v) is 10.0. The van der Waals surface area contributed by atoms with Crippen LogP contribution in [0.5, 0.6) is 0 Å².